The highest BCUT2D eigenvalue weighted by Gasteiger charge is 2.16. The molecule has 0 atom stereocenters. The summed E-state index contributed by atoms with van der Waals surface area (Å²) in [6.07, 6.45) is 9.65. The Balaban J connectivity index is 1.69. The van der Waals surface area contributed by atoms with Gasteiger partial charge in [0, 0.05) is 17.3 Å². The molecule has 0 radical (unpaired) electrons. The number of benzene rings is 2. The Morgan fingerprint density at radius 2 is 1.70 bits per heavy atom. The lowest BCUT2D eigenvalue weighted by atomic mass is 9.94. The van der Waals surface area contributed by atoms with E-state index >= 15 is 0 Å². The molecule has 1 aromatic heterocycles. The van der Waals surface area contributed by atoms with Crippen LogP contribution in [-0.4, -0.2) is 23.2 Å². The summed E-state index contributed by atoms with van der Waals surface area (Å²) in [5.74, 6) is 0.726. The zero-order chi connectivity index (χ0) is 20.9. The van der Waals surface area contributed by atoms with Crippen LogP contribution < -0.4 is 4.74 Å². The van der Waals surface area contributed by atoms with Crippen molar-refractivity contribution in [2.24, 2.45) is 5.92 Å². The van der Waals surface area contributed by atoms with Gasteiger partial charge in [0.2, 0.25) is 0 Å². The van der Waals surface area contributed by atoms with E-state index in [0.29, 0.717) is 0 Å². The molecular weight excluding hydrogens is 374 g/mol. The smallest absolute Gasteiger partial charge is 0.335 e. The maximum Gasteiger partial charge on any atom is 0.335 e. The molecule has 4 heteroatoms. The number of pyridine rings is 1. The van der Waals surface area contributed by atoms with E-state index in [9.17, 15) is 9.90 Å². The van der Waals surface area contributed by atoms with Crippen molar-refractivity contribution >= 4 is 5.97 Å². The van der Waals surface area contributed by atoms with Crippen molar-refractivity contribution in [2.75, 3.05) is 7.11 Å². The number of ether oxygens (including phenoxy) is 1. The monoisotopic (exact) mass is 401 g/mol. The molecule has 1 saturated carbocycles. The molecule has 1 fully saturated rings. The molecule has 1 N–H and O–H groups in total. The second-order valence-corrected chi connectivity index (χ2v) is 8.04. The van der Waals surface area contributed by atoms with Gasteiger partial charge in [-0.3, -0.25) is 4.98 Å². The number of aromatic nitrogens is 1. The Kier molecular flexibility index (Phi) is 6.12. The summed E-state index contributed by atoms with van der Waals surface area (Å²) in [6, 6.07) is 17.1. The number of hydrogen-bond donors (Lipinski definition) is 1. The van der Waals surface area contributed by atoms with Crippen molar-refractivity contribution in [3.63, 3.8) is 0 Å². The number of carboxylic acid groups (broad SMARTS) is 1. The summed E-state index contributed by atoms with van der Waals surface area (Å²) < 4.78 is 5.28. The van der Waals surface area contributed by atoms with E-state index in [-0.39, 0.29) is 5.56 Å². The third kappa shape index (κ3) is 4.54. The number of nitrogens with zero attached hydrogens (tertiary/aromatic N) is 1. The molecular formula is C26H27NO3. The number of carbonyl (C=O) groups is 1. The quantitative estimate of drug-likeness (QED) is 0.509. The molecule has 1 aliphatic carbocycles. The minimum Gasteiger partial charge on any atom is -0.497 e. The SMILES string of the molecule is COc1ccc(-c2ncc(CCC3CCCC3)cc2-c2ccc(C(=O)O)cc2)cc1. The molecule has 4 rings (SSSR count). The highest BCUT2D eigenvalue weighted by molar-refractivity contribution is 5.89. The van der Waals surface area contributed by atoms with Crippen LogP contribution in [0.15, 0.2) is 60.8 Å². The van der Waals surface area contributed by atoms with Crippen LogP contribution in [0.4, 0.5) is 0 Å². The summed E-state index contributed by atoms with van der Waals surface area (Å²) in [4.78, 5) is 16.1. The Bertz CT molecular complexity index is 1000. The van der Waals surface area contributed by atoms with E-state index in [2.05, 4.69) is 6.07 Å². The van der Waals surface area contributed by atoms with E-state index in [1.807, 2.05) is 42.6 Å². The summed E-state index contributed by atoms with van der Waals surface area (Å²) in [5.41, 5.74) is 5.43. The van der Waals surface area contributed by atoms with Gasteiger partial charge in [-0.05, 0) is 72.4 Å². The molecule has 2 aromatic carbocycles. The molecule has 4 nitrogen and oxygen atoms in total. The molecule has 3 aromatic rings. The molecule has 0 amide bonds. The van der Waals surface area contributed by atoms with Crippen LogP contribution in [0.3, 0.4) is 0 Å². The number of aromatic carboxylic acids is 1. The number of carboxylic acids is 1. The molecule has 0 aliphatic heterocycles. The number of rotatable bonds is 7. The lowest BCUT2D eigenvalue weighted by molar-refractivity contribution is 0.0697. The van der Waals surface area contributed by atoms with Gasteiger partial charge >= 0.3 is 5.97 Å². The van der Waals surface area contributed by atoms with Crippen molar-refractivity contribution < 1.29 is 14.6 Å². The van der Waals surface area contributed by atoms with Crippen molar-refractivity contribution in [3.8, 4) is 28.1 Å². The second-order valence-electron chi connectivity index (χ2n) is 8.04. The molecule has 0 saturated heterocycles. The lowest BCUT2D eigenvalue weighted by Gasteiger charge is -2.14. The van der Waals surface area contributed by atoms with E-state index in [1.54, 1.807) is 19.2 Å². The van der Waals surface area contributed by atoms with Crippen LogP contribution in [-0.2, 0) is 6.42 Å². The molecule has 0 bridgehead atoms. The maximum atomic E-state index is 11.2. The van der Waals surface area contributed by atoms with Crippen LogP contribution >= 0.6 is 0 Å². The average molecular weight is 402 g/mol. The minimum atomic E-state index is -0.916. The van der Waals surface area contributed by atoms with Gasteiger partial charge in [-0.15, -0.1) is 0 Å². The summed E-state index contributed by atoms with van der Waals surface area (Å²) >= 11 is 0. The topological polar surface area (TPSA) is 59.4 Å². The first-order valence-electron chi connectivity index (χ1n) is 10.6. The predicted molar refractivity (Wildman–Crippen MR) is 119 cm³/mol. The van der Waals surface area contributed by atoms with Crippen LogP contribution in [0, 0.1) is 5.92 Å². The van der Waals surface area contributed by atoms with Crippen LogP contribution in [0.5, 0.6) is 5.75 Å². The standard InChI is InChI=1S/C26H27NO3/c1-30-23-14-12-21(13-15-23)25-24(20-8-10-22(11-9-20)26(28)29)16-19(17-27-25)7-6-18-4-2-3-5-18/h8-18H,2-7H2,1H3,(H,28,29). The third-order valence-electron chi connectivity index (χ3n) is 6.07. The van der Waals surface area contributed by atoms with Gasteiger partial charge in [0.05, 0.1) is 18.4 Å². The zero-order valence-corrected chi connectivity index (χ0v) is 17.3. The number of aryl methyl sites for hydroxylation is 1. The normalized spacial score (nSPS) is 14.0. The fourth-order valence-electron chi connectivity index (χ4n) is 4.31. The number of methoxy groups -OCH3 is 1. The summed E-state index contributed by atoms with van der Waals surface area (Å²) in [5, 5.41) is 9.22. The Hall–Kier alpha value is -3.14. The van der Waals surface area contributed by atoms with Gasteiger partial charge in [-0.25, -0.2) is 4.79 Å². The first-order chi connectivity index (χ1) is 14.6. The van der Waals surface area contributed by atoms with E-state index in [0.717, 1.165) is 40.5 Å². The maximum absolute atomic E-state index is 11.2. The Morgan fingerprint density at radius 1 is 1.03 bits per heavy atom. The summed E-state index contributed by atoms with van der Waals surface area (Å²) in [7, 11) is 1.65. The fourth-order valence-corrected chi connectivity index (χ4v) is 4.31. The van der Waals surface area contributed by atoms with E-state index < -0.39 is 5.97 Å². The van der Waals surface area contributed by atoms with Gasteiger partial charge in [-0.1, -0.05) is 37.8 Å². The molecule has 0 spiro atoms. The number of hydrogen-bond acceptors (Lipinski definition) is 3. The van der Waals surface area contributed by atoms with Gasteiger partial charge < -0.3 is 9.84 Å². The lowest BCUT2D eigenvalue weighted by Crippen LogP contribution is -1.99. The summed E-state index contributed by atoms with van der Waals surface area (Å²) in [6.45, 7) is 0. The van der Waals surface area contributed by atoms with Gasteiger partial charge in [0.1, 0.15) is 5.75 Å². The van der Waals surface area contributed by atoms with Gasteiger partial charge in [-0.2, -0.15) is 0 Å². The van der Waals surface area contributed by atoms with E-state index in [1.165, 1.54) is 37.7 Å². The van der Waals surface area contributed by atoms with Crippen LogP contribution in [0.1, 0.15) is 48.0 Å². The van der Waals surface area contributed by atoms with Gasteiger partial charge in [0.15, 0.2) is 0 Å². The highest BCUT2D eigenvalue weighted by Crippen LogP contribution is 2.34. The third-order valence-corrected chi connectivity index (χ3v) is 6.07. The molecule has 1 aliphatic rings. The Labute approximate surface area is 177 Å². The van der Waals surface area contributed by atoms with Crippen molar-refractivity contribution in [1.29, 1.82) is 0 Å². The zero-order valence-electron chi connectivity index (χ0n) is 17.3. The molecule has 154 valence electrons. The van der Waals surface area contributed by atoms with Crippen molar-refractivity contribution in [1.82, 2.24) is 4.98 Å². The minimum absolute atomic E-state index is 0.287. The first-order valence-corrected chi connectivity index (χ1v) is 10.6. The average Bonchev–Trinajstić information content (AvgIpc) is 3.31. The van der Waals surface area contributed by atoms with Crippen molar-refractivity contribution in [3.05, 3.63) is 71.9 Å². The molecule has 0 unspecified atom stereocenters. The largest absolute Gasteiger partial charge is 0.497 e. The van der Waals surface area contributed by atoms with Crippen LogP contribution in [0.2, 0.25) is 0 Å². The van der Waals surface area contributed by atoms with Crippen molar-refractivity contribution in [2.45, 2.75) is 38.5 Å². The second kappa shape index (κ2) is 9.12. The molecule has 1 heterocycles. The fraction of sp³-hybridized carbons (Fsp3) is 0.308. The van der Waals surface area contributed by atoms with Crippen LogP contribution in [0.25, 0.3) is 22.4 Å². The van der Waals surface area contributed by atoms with E-state index in [4.69, 9.17) is 9.72 Å². The van der Waals surface area contributed by atoms with Gasteiger partial charge in [0.25, 0.3) is 0 Å². The first kappa shape index (κ1) is 20.1. The highest BCUT2D eigenvalue weighted by atomic mass is 16.5. The molecule has 30 heavy (non-hydrogen) atoms. The Morgan fingerprint density at radius 3 is 2.33 bits per heavy atom. The predicted octanol–water partition coefficient (Wildman–Crippen LogP) is 6.25.